The Bertz CT molecular complexity index is 1140. The molecule has 4 rings (SSSR count). The van der Waals surface area contributed by atoms with Gasteiger partial charge in [-0.05, 0) is 18.2 Å². The predicted molar refractivity (Wildman–Crippen MR) is 108 cm³/mol. The van der Waals surface area contributed by atoms with Crippen molar-refractivity contribution in [2.45, 2.75) is 12.3 Å². The third kappa shape index (κ3) is 2.72. The largest absolute Gasteiger partial charge is 0.507 e. The molecule has 0 aromatic heterocycles. The Morgan fingerprint density at radius 2 is 1.70 bits per heavy atom. The van der Waals surface area contributed by atoms with Crippen LogP contribution in [0.1, 0.15) is 11.1 Å². The van der Waals surface area contributed by atoms with Crippen molar-refractivity contribution in [2.24, 2.45) is 0 Å². The molecule has 4 N–H and O–H groups in total. The molecule has 1 unspecified atom stereocenters. The van der Waals surface area contributed by atoms with Crippen LogP contribution in [-0.4, -0.2) is 39.5 Å². The quantitative estimate of drug-likeness (QED) is 0.231. The molecule has 2 heterocycles. The van der Waals surface area contributed by atoms with Crippen molar-refractivity contribution in [2.75, 3.05) is 4.90 Å². The topological polar surface area (TPSA) is 136 Å². The Morgan fingerprint density at radius 1 is 1.03 bits per heavy atom. The number of anilines is 1. The van der Waals surface area contributed by atoms with E-state index >= 15 is 0 Å². The first-order chi connectivity index (χ1) is 14.3. The number of benzene rings is 2. The number of aliphatic hydroxyl groups excluding tert-OH is 2. The number of Topliss-reactive ketones (excluding diaryl/α,β-unsaturated/α-hetero) is 1. The first-order valence-corrected chi connectivity index (χ1v) is 9.51. The summed E-state index contributed by atoms with van der Waals surface area (Å²) < 4.78 is 0.706. The Balaban J connectivity index is 2.02. The number of nitrogens with zero attached hydrogens (tertiary/aromatic N) is 1. The highest BCUT2D eigenvalue weighted by Crippen LogP contribution is 2.42. The van der Waals surface area contributed by atoms with Gasteiger partial charge in [0, 0.05) is 15.6 Å². The average Bonchev–Trinajstić information content (AvgIpc) is 3.14. The Labute approximate surface area is 178 Å². The van der Waals surface area contributed by atoms with Gasteiger partial charge in [-0.3, -0.25) is 24.6 Å². The summed E-state index contributed by atoms with van der Waals surface area (Å²) in [7, 11) is 0. The summed E-state index contributed by atoms with van der Waals surface area (Å²) in [5.41, 5.74) is -2.41. The van der Waals surface area contributed by atoms with Crippen LogP contribution in [0.5, 0.6) is 0 Å². The minimum Gasteiger partial charge on any atom is -0.507 e. The van der Waals surface area contributed by atoms with Crippen LogP contribution in [0.15, 0.2) is 58.6 Å². The third-order valence-electron chi connectivity index (χ3n) is 4.93. The molecule has 1 spiro atoms. The standard InChI is InChI=1S/C20H14BrN3O6/c21-12-7-5-10(6-8-12)15(26)14-16(27)17(28)24(13-4-2-1-3-11(13)9-25)20(14)18(29)22-19(30)23-20/h1-8,25-26H,9H2,(H2,22,23,29,30)/b15-14-. The molecule has 2 aliphatic heterocycles. The Hall–Kier alpha value is -3.50. The van der Waals surface area contributed by atoms with Crippen molar-refractivity contribution in [1.82, 2.24) is 10.6 Å². The zero-order valence-electron chi connectivity index (χ0n) is 15.2. The van der Waals surface area contributed by atoms with Gasteiger partial charge in [0.05, 0.1) is 12.3 Å². The number of halogens is 1. The van der Waals surface area contributed by atoms with Gasteiger partial charge in [0.2, 0.25) is 5.66 Å². The van der Waals surface area contributed by atoms with Crippen LogP contribution < -0.4 is 15.5 Å². The van der Waals surface area contributed by atoms with Gasteiger partial charge in [-0.1, -0.05) is 46.3 Å². The number of carbonyl (C=O) groups excluding carboxylic acids is 4. The van der Waals surface area contributed by atoms with E-state index in [9.17, 15) is 29.4 Å². The number of urea groups is 1. The molecule has 4 amide bonds. The highest BCUT2D eigenvalue weighted by Gasteiger charge is 2.66. The van der Waals surface area contributed by atoms with E-state index in [0.29, 0.717) is 4.47 Å². The lowest BCUT2D eigenvalue weighted by molar-refractivity contribution is -0.132. The highest BCUT2D eigenvalue weighted by atomic mass is 79.9. The number of imide groups is 1. The van der Waals surface area contributed by atoms with Gasteiger partial charge in [-0.15, -0.1) is 0 Å². The highest BCUT2D eigenvalue weighted by molar-refractivity contribution is 9.10. The van der Waals surface area contributed by atoms with E-state index in [1.165, 1.54) is 24.3 Å². The fourth-order valence-corrected chi connectivity index (χ4v) is 3.86. The summed E-state index contributed by atoms with van der Waals surface area (Å²) in [6.45, 7) is -0.489. The van der Waals surface area contributed by atoms with Gasteiger partial charge in [0.1, 0.15) is 11.3 Å². The molecule has 0 bridgehead atoms. The number of rotatable bonds is 3. The van der Waals surface area contributed by atoms with E-state index in [2.05, 4.69) is 21.2 Å². The smallest absolute Gasteiger partial charge is 0.324 e. The van der Waals surface area contributed by atoms with Crippen LogP contribution >= 0.6 is 15.9 Å². The monoisotopic (exact) mass is 471 g/mol. The van der Waals surface area contributed by atoms with Gasteiger partial charge in [-0.2, -0.15) is 0 Å². The summed E-state index contributed by atoms with van der Waals surface area (Å²) in [5, 5.41) is 24.9. The fraction of sp³-hybridized carbons (Fsp3) is 0.100. The van der Waals surface area contributed by atoms with Crippen molar-refractivity contribution in [3.63, 3.8) is 0 Å². The molecule has 2 aromatic carbocycles. The molecule has 2 aliphatic rings. The normalized spacial score (nSPS) is 22.5. The number of carbonyl (C=O) groups is 4. The number of aliphatic hydroxyl groups is 2. The molecule has 2 saturated heterocycles. The number of hydrogen-bond acceptors (Lipinski definition) is 6. The van der Waals surface area contributed by atoms with E-state index in [1.807, 2.05) is 5.32 Å². The zero-order chi connectivity index (χ0) is 21.6. The minimum atomic E-state index is -2.30. The SMILES string of the molecule is O=C1NC(=O)C2(N1)/C(=C(\O)c1ccc(Br)cc1)C(=O)C(=O)N2c1ccccc1CO. The van der Waals surface area contributed by atoms with Crippen molar-refractivity contribution in [1.29, 1.82) is 0 Å². The summed E-state index contributed by atoms with van der Waals surface area (Å²) in [6, 6.07) is 11.3. The van der Waals surface area contributed by atoms with Crippen LogP contribution in [0.4, 0.5) is 10.5 Å². The summed E-state index contributed by atoms with van der Waals surface area (Å²) in [4.78, 5) is 51.8. The Morgan fingerprint density at radius 3 is 2.30 bits per heavy atom. The molecule has 0 saturated carbocycles. The van der Waals surface area contributed by atoms with Crippen LogP contribution in [0.3, 0.4) is 0 Å². The van der Waals surface area contributed by atoms with Crippen LogP contribution in [0, 0.1) is 0 Å². The number of ketones is 1. The molecule has 0 radical (unpaired) electrons. The molecule has 10 heteroatoms. The zero-order valence-corrected chi connectivity index (χ0v) is 16.8. The number of amides is 4. The maximum Gasteiger partial charge on any atom is 0.324 e. The second kappa shape index (κ2) is 7.08. The fourth-order valence-electron chi connectivity index (χ4n) is 3.60. The maximum absolute atomic E-state index is 13.0. The predicted octanol–water partition coefficient (Wildman–Crippen LogP) is 1.36. The molecular formula is C20H14BrN3O6. The van der Waals surface area contributed by atoms with E-state index < -0.39 is 47.2 Å². The van der Waals surface area contributed by atoms with Gasteiger partial charge in [-0.25, -0.2) is 4.79 Å². The summed E-state index contributed by atoms with van der Waals surface area (Å²) in [5.74, 6) is -3.91. The van der Waals surface area contributed by atoms with E-state index in [0.717, 1.165) is 4.90 Å². The number of nitrogens with one attached hydrogen (secondary N) is 2. The summed E-state index contributed by atoms with van der Waals surface area (Å²) >= 11 is 3.26. The molecule has 0 aliphatic carbocycles. The molecular weight excluding hydrogens is 458 g/mol. The second-order valence-corrected chi connectivity index (χ2v) is 7.52. The second-order valence-electron chi connectivity index (χ2n) is 6.61. The van der Waals surface area contributed by atoms with Crippen LogP contribution in [0.25, 0.3) is 5.76 Å². The lowest BCUT2D eigenvalue weighted by Gasteiger charge is -2.33. The summed E-state index contributed by atoms with van der Waals surface area (Å²) in [6.07, 6.45) is 0. The molecule has 2 fully saturated rings. The van der Waals surface area contributed by atoms with E-state index in [-0.39, 0.29) is 16.8 Å². The molecule has 9 nitrogen and oxygen atoms in total. The van der Waals surface area contributed by atoms with Gasteiger partial charge in [0.15, 0.2) is 0 Å². The van der Waals surface area contributed by atoms with Crippen molar-refractivity contribution in [3.05, 3.63) is 69.7 Å². The van der Waals surface area contributed by atoms with Gasteiger partial charge >= 0.3 is 11.9 Å². The Kier molecular flexibility index (Phi) is 4.67. The van der Waals surface area contributed by atoms with Gasteiger partial charge in [0.25, 0.3) is 11.7 Å². The average molecular weight is 472 g/mol. The van der Waals surface area contributed by atoms with E-state index in [4.69, 9.17) is 0 Å². The first kappa shape index (κ1) is 19.8. The van der Waals surface area contributed by atoms with Crippen molar-refractivity contribution < 1.29 is 29.4 Å². The third-order valence-corrected chi connectivity index (χ3v) is 5.46. The van der Waals surface area contributed by atoms with Crippen molar-refractivity contribution in [3.8, 4) is 0 Å². The molecule has 152 valence electrons. The van der Waals surface area contributed by atoms with Gasteiger partial charge < -0.3 is 15.5 Å². The number of para-hydroxylation sites is 1. The van der Waals surface area contributed by atoms with E-state index in [1.54, 1.807) is 24.3 Å². The minimum absolute atomic E-state index is 0.0503. The van der Waals surface area contributed by atoms with Crippen LogP contribution in [-0.2, 0) is 21.0 Å². The van der Waals surface area contributed by atoms with Crippen molar-refractivity contribution >= 4 is 51.0 Å². The molecule has 1 atom stereocenters. The first-order valence-electron chi connectivity index (χ1n) is 8.72. The number of hydrogen-bond donors (Lipinski definition) is 4. The molecule has 2 aromatic rings. The maximum atomic E-state index is 13.0. The lowest BCUT2D eigenvalue weighted by atomic mass is 9.94. The lowest BCUT2D eigenvalue weighted by Crippen LogP contribution is -2.60. The molecule has 30 heavy (non-hydrogen) atoms. The van der Waals surface area contributed by atoms with Crippen LogP contribution in [0.2, 0.25) is 0 Å².